The summed E-state index contributed by atoms with van der Waals surface area (Å²) in [6.45, 7) is 3.99. The van der Waals surface area contributed by atoms with Gasteiger partial charge in [-0.05, 0) is 12.3 Å². The monoisotopic (exact) mass is 282 g/mol. The van der Waals surface area contributed by atoms with Crippen LogP contribution in [0.15, 0.2) is 6.33 Å². The van der Waals surface area contributed by atoms with Gasteiger partial charge < -0.3 is 10.7 Å². The third-order valence-corrected chi connectivity index (χ3v) is 2.81. The van der Waals surface area contributed by atoms with Crippen molar-refractivity contribution in [2.75, 3.05) is 5.32 Å². The highest BCUT2D eigenvalue weighted by atomic mass is 35.5. The fourth-order valence-electron chi connectivity index (χ4n) is 1.67. The molecule has 1 unspecified atom stereocenters. The number of aromatic amines is 1. The molecule has 0 spiro atoms. The van der Waals surface area contributed by atoms with Gasteiger partial charge in [-0.1, -0.05) is 25.4 Å². The largest absolute Gasteiger partial charge is 0.341 e. The van der Waals surface area contributed by atoms with E-state index in [0.29, 0.717) is 23.5 Å². The van der Waals surface area contributed by atoms with E-state index in [2.05, 4.69) is 25.3 Å². The summed E-state index contributed by atoms with van der Waals surface area (Å²) in [5.74, 6) is 0.104. The molecule has 1 amide bonds. The Morgan fingerprint density at radius 2 is 2.26 bits per heavy atom. The molecule has 2 aromatic rings. The van der Waals surface area contributed by atoms with Crippen molar-refractivity contribution in [2.45, 2.75) is 26.3 Å². The first-order valence-corrected chi connectivity index (χ1v) is 6.28. The maximum atomic E-state index is 11.8. The molecular formula is C11H15ClN6O. The van der Waals surface area contributed by atoms with Crippen molar-refractivity contribution < 1.29 is 4.79 Å². The minimum atomic E-state index is -0.600. The van der Waals surface area contributed by atoms with Crippen LogP contribution in [0.5, 0.6) is 0 Å². The lowest BCUT2D eigenvalue weighted by Gasteiger charge is -2.13. The summed E-state index contributed by atoms with van der Waals surface area (Å²) in [5, 5.41) is 2.75. The lowest BCUT2D eigenvalue weighted by atomic mass is 10.0. The minimum absolute atomic E-state index is 0.105. The van der Waals surface area contributed by atoms with Gasteiger partial charge in [-0.3, -0.25) is 10.1 Å². The Balaban J connectivity index is 2.14. The summed E-state index contributed by atoms with van der Waals surface area (Å²) in [7, 11) is 0. The molecule has 0 saturated heterocycles. The van der Waals surface area contributed by atoms with Crippen molar-refractivity contribution in [3.05, 3.63) is 11.5 Å². The second-order valence-corrected chi connectivity index (χ2v) is 5.02. The Morgan fingerprint density at radius 3 is 2.95 bits per heavy atom. The van der Waals surface area contributed by atoms with E-state index in [9.17, 15) is 4.79 Å². The average molecular weight is 283 g/mol. The number of anilines is 1. The van der Waals surface area contributed by atoms with Crippen molar-refractivity contribution in [1.29, 1.82) is 0 Å². The number of nitrogens with one attached hydrogen (secondary N) is 2. The number of hydrogen-bond donors (Lipinski definition) is 3. The van der Waals surface area contributed by atoms with Gasteiger partial charge in [0.25, 0.3) is 0 Å². The molecule has 2 rings (SSSR count). The van der Waals surface area contributed by atoms with Crippen LogP contribution in [0, 0.1) is 5.92 Å². The molecule has 4 N–H and O–H groups in total. The highest BCUT2D eigenvalue weighted by molar-refractivity contribution is 6.33. The van der Waals surface area contributed by atoms with Gasteiger partial charge in [-0.2, -0.15) is 9.97 Å². The number of nitrogens with two attached hydrogens (primary N) is 1. The molecule has 102 valence electrons. The molecule has 0 aliphatic carbocycles. The predicted octanol–water partition coefficient (Wildman–Crippen LogP) is 1.32. The van der Waals surface area contributed by atoms with Gasteiger partial charge >= 0.3 is 0 Å². The van der Waals surface area contributed by atoms with Gasteiger partial charge in [0.2, 0.25) is 11.9 Å². The number of imidazole rings is 1. The summed E-state index contributed by atoms with van der Waals surface area (Å²) >= 11 is 5.95. The molecule has 2 heterocycles. The molecule has 2 aromatic heterocycles. The predicted molar refractivity (Wildman–Crippen MR) is 72.8 cm³/mol. The number of halogens is 1. The number of fused-ring (bicyclic) bond motifs is 1. The van der Waals surface area contributed by atoms with E-state index in [1.165, 1.54) is 6.33 Å². The Bertz CT molecular complexity index is 596. The molecule has 0 radical (unpaired) electrons. The molecular weight excluding hydrogens is 268 g/mol. The van der Waals surface area contributed by atoms with E-state index in [1.54, 1.807) is 0 Å². The van der Waals surface area contributed by atoms with E-state index in [4.69, 9.17) is 17.3 Å². The Labute approximate surface area is 115 Å². The standard InChI is InChI=1S/C11H15ClN6O/c1-5(2)3-6(13)10(19)18-11-16-8(12)7-9(17-11)15-4-14-7/h4-6H,3,13H2,1-2H3,(H2,14,15,16,17,18,19). The fourth-order valence-corrected chi connectivity index (χ4v) is 1.89. The molecule has 1 atom stereocenters. The van der Waals surface area contributed by atoms with Gasteiger partial charge in [-0.15, -0.1) is 0 Å². The number of rotatable bonds is 4. The van der Waals surface area contributed by atoms with Crippen LogP contribution in [-0.2, 0) is 4.79 Å². The number of carbonyl (C=O) groups excluding carboxylic acids is 1. The zero-order valence-electron chi connectivity index (χ0n) is 10.6. The lowest BCUT2D eigenvalue weighted by molar-refractivity contribution is -0.117. The second kappa shape index (κ2) is 5.50. The molecule has 0 aromatic carbocycles. The number of amides is 1. The van der Waals surface area contributed by atoms with E-state index in [1.807, 2.05) is 13.8 Å². The SMILES string of the molecule is CC(C)CC(N)C(=O)Nc1nc(Cl)c2[nH]cnc2n1. The molecule has 19 heavy (non-hydrogen) atoms. The topological polar surface area (TPSA) is 110 Å². The number of nitrogens with zero attached hydrogens (tertiary/aromatic N) is 3. The molecule has 0 bridgehead atoms. The maximum absolute atomic E-state index is 11.8. The van der Waals surface area contributed by atoms with Crippen molar-refractivity contribution in [2.24, 2.45) is 11.7 Å². The van der Waals surface area contributed by atoms with Crippen LogP contribution < -0.4 is 11.1 Å². The molecule has 0 fully saturated rings. The summed E-state index contributed by atoms with van der Waals surface area (Å²) in [5.41, 5.74) is 6.70. The van der Waals surface area contributed by atoms with E-state index in [0.717, 1.165) is 0 Å². The number of aromatic nitrogens is 4. The molecule has 0 aliphatic rings. The van der Waals surface area contributed by atoms with Crippen LogP contribution >= 0.6 is 11.6 Å². The van der Waals surface area contributed by atoms with Crippen LogP contribution in [-0.4, -0.2) is 31.9 Å². The van der Waals surface area contributed by atoms with Gasteiger partial charge in [0, 0.05) is 0 Å². The zero-order valence-corrected chi connectivity index (χ0v) is 11.4. The molecule has 7 nitrogen and oxygen atoms in total. The molecule has 8 heteroatoms. The summed E-state index contributed by atoms with van der Waals surface area (Å²) in [4.78, 5) is 26.7. The normalized spacial score (nSPS) is 12.9. The van der Waals surface area contributed by atoms with Gasteiger partial charge in [0.1, 0.15) is 5.52 Å². The number of H-pyrrole nitrogens is 1. The van der Waals surface area contributed by atoms with E-state index in [-0.39, 0.29) is 17.0 Å². The van der Waals surface area contributed by atoms with Crippen LogP contribution in [0.4, 0.5) is 5.95 Å². The highest BCUT2D eigenvalue weighted by Gasteiger charge is 2.17. The molecule has 0 aliphatic heterocycles. The first kappa shape index (κ1) is 13.7. The zero-order chi connectivity index (χ0) is 14.0. The number of carbonyl (C=O) groups is 1. The quantitative estimate of drug-likeness (QED) is 0.733. The van der Waals surface area contributed by atoms with Crippen molar-refractivity contribution in [3.63, 3.8) is 0 Å². The smallest absolute Gasteiger partial charge is 0.243 e. The van der Waals surface area contributed by atoms with Crippen molar-refractivity contribution in [1.82, 2.24) is 19.9 Å². The van der Waals surface area contributed by atoms with Crippen LogP contribution in [0.2, 0.25) is 5.15 Å². The van der Waals surface area contributed by atoms with Gasteiger partial charge in [0.05, 0.1) is 12.4 Å². The first-order valence-electron chi connectivity index (χ1n) is 5.90. The van der Waals surface area contributed by atoms with Crippen LogP contribution in [0.25, 0.3) is 11.2 Å². The summed E-state index contributed by atoms with van der Waals surface area (Å²) in [6.07, 6.45) is 2.05. The first-order chi connectivity index (χ1) is 8.97. The second-order valence-electron chi connectivity index (χ2n) is 4.66. The third-order valence-electron chi connectivity index (χ3n) is 2.54. The van der Waals surface area contributed by atoms with Crippen LogP contribution in [0.1, 0.15) is 20.3 Å². The highest BCUT2D eigenvalue weighted by Crippen LogP contribution is 2.18. The third kappa shape index (κ3) is 3.18. The maximum Gasteiger partial charge on any atom is 0.243 e. The number of hydrogen-bond acceptors (Lipinski definition) is 5. The van der Waals surface area contributed by atoms with E-state index < -0.39 is 6.04 Å². The van der Waals surface area contributed by atoms with E-state index >= 15 is 0 Å². The summed E-state index contributed by atoms with van der Waals surface area (Å²) in [6, 6.07) is -0.600. The Morgan fingerprint density at radius 1 is 1.53 bits per heavy atom. The van der Waals surface area contributed by atoms with Gasteiger partial charge in [-0.25, -0.2) is 4.98 Å². The molecule has 0 saturated carbocycles. The van der Waals surface area contributed by atoms with Crippen LogP contribution in [0.3, 0.4) is 0 Å². The Hall–Kier alpha value is -1.73. The summed E-state index contributed by atoms with van der Waals surface area (Å²) < 4.78 is 0. The Kier molecular flexibility index (Phi) is 3.96. The lowest BCUT2D eigenvalue weighted by Crippen LogP contribution is -2.37. The van der Waals surface area contributed by atoms with Crippen molar-refractivity contribution >= 4 is 34.6 Å². The fraction of sp³-hybridized carbons (Fsp3) is 0.455. The average Bonchev–Trinajstić information content (AvgIpc) is 2.76. The van der Waals surface area contributed by atoms with Gasteiger partial charge in [0.15, 0.2) is 10.8 Å². The minimum Gasteiger partial charge on any atom is -0.341 e. The van der Waals surface area contributed by atoms with Crippen molar-refractivity contribution in [3.8, 4) is 0 Å².